The van der Waals surface area contributed by atoms with E-state index >= 15 is 0 Å². The Hall–Kier alpha value is -0.890. The van der Waals surface area contributed by atoms with Crippen molar-refractivity contribution in [3.63, 3.8) is 0 Å². The minimum absolute atomic E-state index is 0.114. The summed E-state index contributed by atoms with van der Waals surface area (Å²) in [7, 11) is 0. The largest absolute Gasteiger partial charge is 0.314 e. The van der Waals surface area contributed by atoms with Gasteiger partial charge >= 0.3 is 0 Å². The zero-order valence-corrected chi connectivity index (χ0v) is 13.0. The molecule has 1 heterocycles. The molecule has 1 saturated carbocycles. The van der Waals surface area contributed by atoms with Crippen LogP contribution < -0.4 is 5.32 Å². The highest BCUT2D eigenvalue weighted by atomic mass is 19.1. The zero-order valence-electron chi connectivity index (χ0n) is 13.0. The second kappa shape index (κ2) is 7.40. The highest BCUT2D eigenvalue weighted by Gasteiger charge is 2.28. The first-order chi connectivity index (χ1) is 10.3. The monoisotopic (exact) mass is 289 g/mol. The van der Waals surface area contributed by atoms with E-state index in [-0.39, 0.29) is 5.82 Å². The molecule has 1 aliphatic heterocycles. The average Bonchev–Trinajstić information content (AvgIpc) is 2.55. The number of halogens is 1. The number of nitrogens with one attached hydrogen (secondary N) is 1. The fourth-order valence-electron chi connectivity index (χ4n) is 4.28. The molecule has 2 unspecified atom stereocenters. The van der Waals surface area contributed by atoms with Gasteiger partial charge in [-0.2, -0.15) is 0 Å². The van der Waals surface area contributed by atoms with Crippen LogP contribution in [-0.2, 0) is 0 Å². The Balaban J connectivity index is 1.74. The third-order valence-electron chi connectivity index (χ3n) is 5.47. The molecule has 1 aromatic rings. The molecule has 1 saturated heterocycles. The number of hydrogen-bond acceptors (Lipinski definition) is 1. The molecule has 1 N–H and O–H groups in total. The van der Waals surface area contributed by atoms with Crippen molar-refractivity contribution in [1.82, 2.24) is 5.32 Å². The fraction of sp³-hybridized carbons (Fsp3) is 0.684. The molecule has 0 amide bonds. The van der Waals surface area contributed by atoms with E-state index in [9.17, 15) is 4.39 Å². The Bertz CT molecular complexity index is 416. The Morgan fingerprint density at radius 2 is 1.67 bits per heavy atom. The molecule has 1 nitrogen and oxygen atoms in total. The summed E-state index contributed by atoms with van der Waals surface area (Å²) in [5, 5.41) is 3.70. The summed E-state index contributed by atoms with van der Waals surface area (Å²) in [6.07, 6.45) is 12.1. The minimum Gasteiger partial charge on any atom is -0.314 e. The van der Waals surface area contributed by atoms with Gasteiger partial charge < -0.3 is 5.32 Å². The normalized spacial score (nSPS) is 25.7. The van der Waals surface area contributed by atoms with E-state index in [0.717, 1.165) is 5.92 Å². The first-order valence-electron chi connectivity index (χ1n) is 8.82. The van der Waals surface area contributed by atoms with Crippen molar-refractivity contribution in [1.29, 1.82) is 0 Å². The molecular formula is C19H28FN. The topological polar surface area (TPSA) is 12.0 Å². The maximum Gasteiger partial charge on any atom is 0.123 e. The molecular weight excluding hydrogens is 261 g/mol. The van der Waals surface area contributed by atoms with Crippen molar-refractivity contribution < 1.29 is 4.39 Å². The maximum atomic E-state index is 13.2. The molecule has 1 aromatic carbocycles. The summed E-state index contributed by atoms with van der Waals surface area (Å²) < 4.78 is 13.2. The molecule has 3 rings (SSSR count). The van der Waals surface area contributed by atoms with Crippen molar-refractivity contribution in [2.45, 2.75) is 69.7 Å². The van der Waals surface area contributed by atoms with Gasteiger partial charge in [0.2, 0.25) is 0 Å². The van der Waals surface area contributed by atoms with Gasteiger partial charge in [0.05, 0.1) is 0 Å². The maximum absolute atomic E-state index is 13.2. The lowest BCUT2D eigenvalue weighted by atomic mass is 9.73. The van der Waals surface area contributed by atoms with Crippen molar-refractivity contribution in [3.8, 4) is 0 Å². The van der Waals surface area contributed by atoms with Crippen LogP contribution in [0.15, 0.2) is 24.3 Å². The predicted octanol–water partition coefficient (Wildman–Crippen LogP) is 5.02. The summed E-state index contributed by atoms with van der Waals surface area (Å²) >= 11 is 0. The first-order valence-corrected chi connectivity index (χ1v) is 8.82. The summed E-state index contributed by atoms with van der Waals surface area (Å²) in [6.45, 7) is 1.17. The van der Waals surface area contributed by atoms with Crippen molar-refractivity contribution in [3.05, 3.63) is 35.6 Å². The van der Waals surface area contributed by atoms with Gasteiger partial charge in [0.25, 0.3) is 0 Å². The summed E-state index contributed by atoms with van der Waals surface area (Å²) in [4.78, 5) is 0. The van der Waals surface area contributed by atoms with Crippen LogP contribution >= 0.6 is 0 Å². The van der Waals surface area contributed by atoms with Gasteiger partial charge in [-0.1, -0.05) is 37.8 Å². The number of rotatable bonds is 4. The zero-order chi connectivity index (χ0) is 14.5. The minimum atomic E-state index is -0.114. The number of piperidine rings is 1. The fourth-order valence-corrected chi connectivity index (χ4v) is 4.28. The van der Waals surface area contributed by atoms with Crippen LogP contribution in [0.5, 0.6) is 0 Å². The van der Waals surface area contributed by atoms with Crippen molar-refractivity contribution in [2.24, 2.45) is 5.92 Å². The highest BCUT2D eigenvalue weighted by Crippen LogP contribution is 2.39. The molecule has 0 radical (unpaired) electrons. The quantitative estimate of drug-likeness (QED) is 0.820. The SMILES string of the molecule is Fc1ccc(C(CC2CCCCN2)C2CCCCC2)cc1. The summed E-state index contributed by atoms with van der Waals surface area (Å²) in [5.41, 5.74) is 1.36. The highest BCUT2D eigenvalue weighted by molar-refractivity contribution is 5.22. The molecule has 0 spiro atoms. The van der Waals surface area contributed by atoms with Crippen molar-refractivity contribution >= 4 is 0 Å². The van der Waals surface area contributed by atoms with E-state index in [4.69, 9.17) is 0 Å². The molecule has 2 heteroatoms. The van der Waals surface area contributed by atoms with E-state index < -0.39 is 0 Å². The van der Waals surface area contributed by atoms with E-state index in [1.807, 2.05) is 12.1 Å². The lowest BCUT2D eigenvalue weighted by Crippen LogP contribution is -2.36. The van der Waals surface area contributed by atoms with Gasteiger partial charge in [-0.15, -0.1) is 0 Å². The molecule has 2 fully saturated rings. The number of benzene rings is 1. The first kappa shape index (κ1) is 15.0. The molecule has 116 valence electrons. The number of hydrogen-bond donors (Lipinski definition) is 1. The average molecular weight is 289 g/mol. The van der Waals surface area contributed by atoms with Gasteiger partial charge in [0, 0.05) is 6.04 Å². The van der Waals surface area contributed by atoms with Crippen LogP contribution in [0.2, 0.25) is 0 Å². The van der Waals surface area contributed by atoms with Gasteiger partial charge in [-0.3, -0.25) is 0 Å². The summed E-state index contributed by atoms with van der Waals surface area (Å²) in [5.74, 6) is 1.30. The van der Waals surface area contributed by atoms with Crippen LogP contribution in [0.1, 0.15) is 69.3 Å². The molecule has 0 bridgehead atoms. The third kappa shape index (κ3) is 4.06. The molecule has 0 aromatic heterocycles. The van der Waals surface area contributed by atoms with Gasteiger partial charge in [-0.25, -0.2) is 4.39 Å². The Morgan fingerprint density at radius 1 is 0.952 bits per heavy atom. The third-order valence-corrected chi connectivity index (χ3v) is 5.47. The summed E-state index contributed by atoms with van der Waals surface area (Å²) in [6, 6.07) is 7.99. The molecule has 2 atom stereocenters. The molecule has 21 heavy (non-hydrogen) atoms. The lowest BCUT2D eigenvalue weighted by Gasteiger charge is -2.35. The lowest BCUT2D eigenvalue weighted by molar-refractivity contribution is 0.260. The smallest absolute Gasteiger partial charge is 0.123 e. The van der Waals surface area contributed by atoms with Crippen molar-refractivity contribution in [2.75, 3.05) is 6.54 Å². The van der Waals surface area contributed by atoms with Crippen LogP contribution in [0.4, 0.5) is 4.39 Å². The van der Waals surface area contributed by atoms with E-state index in [1.165, 1.54) is 69.9 Å². The van der Waals surface area contributed by atoms with E-state index in [2.05, 4.69) is 5.32 Å². The second-order valence-electron chi connectivity index (χ2n) is 6.94. The van der Waals surface area contributed by atoms with Gasteiger partial charge in [0.15, 0.2) is 0 Å². The van der Waals surface area contributed by atoms with Gasteiger partial charge in [0.1, 0.15) is 5.82 Å². The van der Waals surface area contributed by atoms with E-state index in [1.54, 1.807) is 12.1 Å². The van der Waals surface area contributed by atoms with Crippen LogP contribution in [0.25, 0.3) is 0 Å². The second-order valence-corrected chi connectivity index (χ2v) is 6.94. The molecule has 1 aliphatic carbocycles. The predicted molar refractivity (Wildman–Crippen MR) is 86.0 cm³/mol. The Kier molecular flexibility index (Phi) is 5.29. The van der Waals surface area contributed by atoms with Gasteiger partial charge in [-0.05, 0) is 68.2 Å². The Labute approximate surface area is 128 Å². The van der Waals surface area contributed by atoms with Crippen LogP contribution in [0.3, 0.4) is 0 Å². The van der Waals surface area contributed by atoms with E-state index in [0.29, 0.717) is 12.0 Å². The van der Waals surface area contributed by atoms with Crippen LogP contribution in [0, 0.1) is 11.7 Å². The van der Waals surface area contributed by atoms with Crippen LogP contribution in [-0.4, -0.2) is 12.6 Å². The Morgan fingerprint density at radius 3 is 2.33 bits per heavy atom. The standard InChI is InChI=1S/C19H28FN/c20-17-11-9-16(10-12-17)19(15-6-2-1-3-7-15)14-18-8-4-5-13-21-18/h9-12,15,18-19,21H,1-8,13-14H2. The molecule has 2 aliphatic rings.